The van der Waals surface area contributed by atoms with Crippen LogP contribution in [0.15, 0.2) is 36.4 Å². The van der Waals surface area contributed by atoms with E-state index in [4.69, 9.17) is 4.98 Å². The summed E-state index contributed by atoms with van der Waals surface area (Å²) < 4.78 is 1.13. The van der Waals surface area contributed by atoms with Gasteiger partial charge in [-0.1, -0.05) is 47.2 Å². The van der Waals surface area contributed by atoms with Crippen molar-refractivity contribution in [3.63, 3.8) is 0 Å². The van der Waals surface area contributed by atoms with Gasteiger partial charge < -0.3 is 4.90 Å². The van der Waals surface area contributed by atoms with Crippen molar-refractivity contribution in [3.05, 3.63) is 58.7 Å². The SMILES string of the molecule is Cc1ccc(CC(=O)N(CCCN(C)C)c2nc3c(C)cccc3s2)c(C)c1. The van der Waals surface area contributed by atoms with Gasteiger partial charge in [0.05, 0.1) is 16.6 Å². The number of nitrogens with zero attached hydrogens (tertiary/aromatic N) is 3. The lowest BCUT2D eigenvalue weighted by molar-refractivity contribution is -0.118. The van der Waals surface area contributed by atoms with E-state index in [1.165, 1.54) is 11.1 Å². The molecule has 1 amide bonds. The number of hydrogen-bond acceptors (Lipinski definition) is 4. The molecule has 0 N–H and O–H groups in total. The summed E-state index contributed by atoms with van der Waals surface area (Å²) in [6.45, 7) is 7.85. The number of hydrogen-bond donors (Lipinski definition) is 0. The molecule has 0 aliphatic rings. The molecule has 0 bridgehead atoms. The zero-order valence-corrected chi connectivity index (χ0v) is 18.3. The smallest absolute Gasteiger partial charge is 0.233 e. The first-order chi connectivity index (χ1) is 13.3. The van der Waals surface area contributed by atoms with E-state index in [1.54, 1.807) is 11.3 Å². The molecule has 0 aliphatic heterocycles. The Kier molecular flexibility index (Phi) is 6.47. The third kappa shape index (κ3) is 4.78. The molecule has 3 rings (SSSR count). The molecule has 0 radical (unpaired) electrons. The summed E-state index contributed by atoms with van der Waals surface area (Å²) in [5.41, 5.74) is 5.62. The molecule has 5 heteroatoms. The normalized spacial score (nSPS) is 11.4. The van der Waals surface area contributed by atoms with Gasteiger partial charge in [-0.25, -0.2) is 4.98 Å². The molecule has 0 atom stereocenters. The second-order valence-corrected chi connectivity index (χ2v) is 8.74. The molecule has 0 fully saturated rings. The lowest BCUT2D eigenvalue weighted by Gasteiger charge is -2.21. The molecular weight excluding hydrogens is 366 g/mol. The van der Waals surface area contributed by atoms with Crippen LogP contribution in [0, 0.1) is 20.8 Å². The Morgan fingerprint density at radius 3 is 2.50 bits per heavy atom. The van der Waals surface area contributed by atoms with Crippen molar-refractivity contribution in [2.45, 2.75) is 33.6 Å². The molecule has 4 nitrogen and oxygen atoms in total. The summed E-state index contributed by atoms with van der Waals surface area (Å²) >= 11 is 1.60. The van der Waals surface area contributed by atoms with Crippen LogP contribution in [0.2, 0.25) is 0 Å². The Morgan fingerprint density at radius 2 is 1.82 bits per heavy atom. The minimum absolute atomic E-state index is 0.113. The van der Waals surface area contributed by atoms with Gasteiger partial charge in [0.2, 0.25) is 5.91 Å². The Labute approximate surface area is 171 Å². The average Bonchev–Trinajstić information content (AvgIpc) is 3.06. The minimum atomic E-state index is 0.113. The Bertz CT molecular complexity index is 977. The number of aryl methyl sites for hydroxylation is 3. The van der Waals surface area contributed by atoms with E-state index in [0.29, 0.717) is 13.0 Å². The number of anilines is 1. The van der Waals surface area contributed by atoms with Crippen LogP contribution in [0.3, 0.4) is 0 Å². The lowest BCUT2D eigenvalue weighted by Crippen LogP contribution is -2.34. The molecule has 2 aromatic carbocycles. The topological polar surface area (TPSA) is 36.4 Å². The van der Waals surface area contributed by atoms with E-state index in [0.717, 1.165) is 39.4 Å². The van der Waals surface area contributed by atoms with Crippen LogP contribution in [-0.2, 0) is 11.2 Å². The molecule has 0 saturated heterocycles. The number of amides is 1. The van der Waals surface area contributed by atoms with Crippen LogP contribution in [0.1, 0.15) is 28.7 Å². The molecule has 0 aliphatic carbocycles. The predicted octanol–water partition coefficient (Wildman–Crippen LogP) is 4.75. The van der Waals surface area contributed by atoms with Crippen molar-refractivity contribution in [1.29, 1.82) is 0 Å². The molecule has 1 aromatic heterocycles. The predicted molar refractivity (Wildman–Crippen MR) is 120 cm³/mol. The quantitative estimate of drug-likeness (QED) is 0.579. The molecule has 1 heterocycles. The molecule has 3 aromatic rings. The summed E-state index contributed by atoms with van der Waals surface area (Å²) in [5.74, 6) is 0.113. The van der Waals surface area contributed by atoms with E-state index in [2.05, 4.69) is 70.1 Å². The molecule has 0 spiro atoms. The Hall–Kier alpha value is -2.24. The Morgan fingerprint density at radius 1 is 1.04 bits per heavy atom. The summed E-state index contributed by atoms with van der Waals surface area (Å²) in [5, 5.41) is 0.804. The van der Waals surface area contributed by atoms with Crippen LogP contribution in [-0.4, -0.2) is 43.0 Å². The van der Waals surface area contributed by atoms with Crippen LogP contribution in [0.25, 0.3) is 10.2 Å². The number of thiazole rings is 1. The maximum atomic E-state index is 13.3. The second kappa shape index (κ2) is 8.84. The number of carbonyl (C=O) groups is 1. The van der Waals surface area contributed by atoms with Crippen LogP contribution in [0.5, 0.6) is 0 Å². The fourth-order valence-corrected chi connectivity index (χ4v) is 4.45. The summed E-state index contributed by atoms with van der Waals surface area (Å²) in [6.07, 6.45) is 1.32. The highest BCUT2D eigenvalue weighted by Gasteiger charge is 2.21. The monoisotopic (exact) mass is 395 g/mol. The van der Waals surface area contributed by atoms with Gasteiger partial charge in [-0.15, -0.1) is 0 Å². The highest BCUT2D eigenvalue weighted by Crippen LogP contribution is 2.31. The van der Waals surface area contributed by atoms with Gasteiger partial charge in [0.15, 0.2) is 5.13 Å². The summed E-state index contributed by atoms with van der Waals surface area (Å²) in [6, 6.07) is 12.5. The van der Waals surface area contributed by atoms with Gasteiger partial charge >= 0.3 is 0 Å². The van der Waals surface area contributed by atoms with Crippen molar-refractivity contribution in [1.82, 2.24) is 9.88 Å². The average molecular weight is 396 g/mol. The van der Waals surface area contributed by atoms with E-state index in [-0.39, 0.29) is 5.91 Å². The van der Waals surface area contributed by atoms with Crippen molar-refractivity contribution >= 4 is 32.6 Å². The van der Waals surface area contributed by atoms with Gasteiger partial charge in [-0.05, 0) is 70.6 Å². The van der Waals surface area contributed by atoms with Crippen LogP contribution in [0.4, 0.5) is 5.13 Å². The largest absolute Gasteiger partial charge is 0.309 e. The Balaban J connectivity index is 1.88. The fourth-order valence-electron chi connectivity index (χ4n) is 3.36. The van der Waals surface area contributed by atoms with Crippen LogP contribution < -0.4 is 4.90 Å². The third-order valence-corrected chi connectivity index (χ3v) is 6.01. The van der Waals surface area contributed by atoms with Crippen molar-refractivity contribution in [2.24, 2.45) is 0 Å². The maximum absolute atomic E-state index is 13.3. The number of benzene rings is 2. The first kappa shape index (κ1) is 20.5. The maximum Gasteiger partial charge on any atom is 0.233 e. The summed E-state index contributed by atoms with van der Waals surface area (Å²) in [4.78, 5) is 22.1. The number of para-hydroxylation sites is 1. The van der Waals surface area contributed by atoms with Crippen molar-refractivity contribution < 1.29 is 4.79 Å². The highest BCUT2D eigenvalue weighted by atomic mass is 32.1. The number of rotatable bonds is 7. The van der Waals surface area contributed by atoms with E-state index in [9.17, 15) is 4.79 Å². The zero-order valence-electron chi connectivity index (χ0n) is 17.5. The third-order valence-electron chi connectivity index (χ3n) is 4.97. The molecular formula is C23H29N3OS. The molecule has 148 valence electrons. The van der Waals surface area contributed by atoms with E-state index >= 15 is 0 Å². The fraction of sp³-hybridized carbons (Fsp3) is 0.391. The second-order valence-electron chi connectivity index (χ2n) is 7.73. The lowest BCUT2D eigenvalue weighted by atomic mass is 10.0. The minimum Gasteiger partial charge on any atom is -0.309 e. The number of aromatic nitrogens is 1. The number of fused-ring (bicyclic) bond motifs is 1. The van der Waals surface area contributed by atoms with E-state index < -0.39 is 0 Å². The van der Waals surface area contributed by atoms with Crippen molar-refractivity contribution in [3.8, 4) is 0 Å². The molecule has 28 heavy (non-hydrogen) atoms. The van der Waals surface area contributed by atoms with Gasteiger partial charge in [0.1, 0.15) is 0 Å². The van der Waals surface area contributed by atoms with Gasteiger partial charge in [-0.2, -0.15) is 0 Å². The first-order valence-corrected chi connectivity index (χ1v) is 10.5. The first-order valence-electron chi connectivity index (χ1n) is 9.72. The highest BCUT2D eigenvalue weighted by molar-refractivity contribution is 7.22. The van der Waals surface area contributed by atoms with Crippen LogP contribution >= 0.6 is 11.3 Å². The van der Waals surface area contributed by atoms with E-state index in [1.807, 2.05) is 11.0 Å². The molecule has 0 saturated carbocycles. The number of carbonyl (C=O) groups excluding carboxylic acids is 1. The van der Waals surface area contributed by atoms with Gasteiger partial charge in [-0.3, -0.25) is 9.69 Å². The zero-order chi connectivity index (χ0) is 20.3. The standard InChI is InChI=1S/C23H29N3OS/c1-16-10-11-19(18(3)14-16)15-21(27)26(13-7-12-25(4)5)23-24-22-17(2)8-6-9-20(22)28-23/h6,8-11,14H,7,12-13,15H2,1-5H3. The van der Waals surface area contributed by atoms with Gasteiger partial charge in [0, 0.05) is 6.54 Å². The van der Waals surface area contributed by atoms with Gasteiger partial charge in [0.25, 0.3) is 0 Å². The van der Waals surface area contributed by atoms with Crippen molar-refractivity contribution in [2.75, 3.05) is 32.1 Å². The molecule has 0 unspecified atom stereocenters. The summed E-state index contributed by atoms with van der Waals surface area (Å²) in [7, 11) is 4.12.